The SMILES string of the molecule is COc1cc(C)nc(CSc2ccc(CN)cc2)c1. The van der Waals surface area contributed by atoms with E-state index in [0.29, 0.717) is 6.54 Å². The number of nitrogens with zero attached hydrogens (tertiary/aromatic N) is 1. The predicted octanol–water partition coefficient (Wildman–Crippen LogP) is 3.15. The normalized spacial score (nSPS) is 10.5. The van der Waals surface area contributed by atoms with Gasteiger partial charge in [-0.3, -0.25) is 4.98 Å². The number of methoxy groups -OCH3 is 1. The number of rotatable bonds is 5. The maximum atomic E-state index is 5.58. The third-order valence-corrected chi connectivity index (χ3v) is 3.81. The third-order valence-electron chi connectivity index (χ3n) is 2.76. The first kappa shape index (κ1) is 13.9. The molecule has 2 N–H and O–H groups in total. The maximum Gasteiger partial charge on any atom is 0.122 e. The molecule has 0 aliphatic rings. The quantitative estimate of drug-likeness (QED) is 0.851. The Morgan fingerprint density at radius 3 is 2.58 bits per heavy atom. The van der Waals surface area contributed by atoms with Crippen molar-refractivity contribution >= 4 is 11.8 Å². The highest BCUT2D eigenvalue weighted by Crippen LogP contribution is 2.24. The molecule has 0 fully saturated rings. The fraction of sp³-hybridized carbons (Fsp3) is 0.267. The van der Waals surface area contributed by atoms with Crippen molar-refractivity contribution in [2.24, 2.45) is 5.73 Å². The molecule has 0 bridgehead atoms. The zero-order chi connectivity index (χ0) is 13.7. The summed E-state index contributed by atoms with van der Waals surface area (Å²) in [6.45, 7) is 2.56. The number of pyridine rings is 1. The molecule has 2 aromatic rings. The lowest BCUT2D eigenvalue weighted by Gasteiger charge is -2.06. The van der Waals surface area contributed by atoms with Crippen LogP contribution in [0.25, 0.3) is 0 Å². The van der Waals surface area contributed by atoms with Gasteiger partial charge < -0.3 is 10.5 Å². The van der Waals surface area contributed by atoms with Crippen molar-refractivity contribution in [3.05, 3.63) is 53.3 Å². The second-order valence-corrected chi connectivity index (χ2v) is 5.33. The molecule has 19 heavy (non-hydrogen) atoms. The molecule has 0 radical (unpaired) electrons. The number of benzene rings is 1. The smallest absolute Gasteiger partial charge is 0.122 e. The predicted molar refractivity (Wildman–Crippen MR) is 79.4 cm³/mol. The van der Waals surface area contributed by atoms with Crippen LogP contribution in [0.3, 0.4) is 0 Å². The Morgan fingerprint density at radius 1 is 1.21 bits per heavy atom. The Morgan fingerprint density at radius 2 is 1.95 bits per heavy atom. The molecule has 1 aromatic carbocycles. The Kier molecular flexibility index (Phi) is 4.82. The van der Waals surface area contributed by atoms with Crippen molar-refractivity contribution in [2.45, 2.75) is 24.1 Å². The number of ether oxygens (including phenoxy) is 1. The van der Waals surface area contributed by atoms with E-state index in [1.165, 1.54) is 4.90 Å². The van der Waals surface area contributed by atoms with Gasteiger partial charge >= 0.3 is 0 Å². The van der Waals surface area contributed by atoms with Gasteiger partial charge in [-0.25, -0.2) is 0 Å². The van der Waals surface area contributed by atoms with Gasteiger partial charge in [-0.1, -0.05) is 12.1 Å². The van der Waals surface area contributed by atoms with Gasteiger partial charge in [0.25, 0.3) is 0 Å². The fourth-order valence-electron chi connectivity index (χ4n) is 1.77. The number of hydrogen-bond donors (Lipinski definition) is 1. The topological polar surface area (TPSA) is 48.1 Å². The van der Waals surface area contributed by atoms with Crippen LogP contribution in [-0.4, -0.2) is 12.1 Å². The Hall–Kier alpha value is -1.52. The zero-order valence-corrected chi connectivity index (χ0v) is 12.0. The van der Waals surface area contributed by atoms with Gasteiger partial charge in [0.2, 0.25) is 0 Å². The average molecular weight is 274 g/mol. The first-order valence-electron chi connectivity index (χ1n) is 6.14. The molecule has 0 unspecified atom stereocenters. The lowest BCUT2D eigenvalue weighted by atomic mass is 10.2. The number of aryl methyl sites for hydroxylation is 1. The summed E-state index contributed by atoms with van der Waals surface area (Å²) in [5, 5.41) is 0. The number of nitrogens with two attached hydrogens (primary N) is 1. The van der Waals surface area contributed by atoms with Gasteiger partial charge in [0.1, 0.15) is 5.75 Å². The van der Waals surface area contributed by atoms with Crippen LogP contribution in [0.2, 0.25) is 0 Å². The average Bonchev–Trinajstić information content (AvgIpc) is 2.45. The van der Waals surface area contributed by atoms with Crippen molar-refractivity contribution in [2.75, 3.05) is 7.11 Å². The van der Waals surface area contributed by atoms with E-state index in [2.05, 4.69) is 29.2 Å². The summed E-state index contributed by atoms with van der Waals surface area (Å²) in [5.41, 5.74) is 8.75. The second kappa shape index (κ2) is 6.59. The summed E-state index contributed by atoms with van der Waals surface area (Å²) < 4.78 is 5.25. The van der Waals surface area contributed by atoms with Crippen molar-refractivity contribution < 1.29 is 4.74 Å². The molecule has 0 saturated carbocycles. The van der Waals surface area contributed by atoms with Crippen LogP contribution in [0.4, 0.5) is 0 Å². The van der Waals surface area contributed by atoms with Gasteiger partial charge in [-0.15, -0.1) is 11.8 Å². The zero-order valence-electron chi connectivity index (χ0n) is 11.2. The number of aromatic nitrogens is 1. The highest BCUT2D eigenvalue weighted by molar-refractivity contribution is 7.98. The molecule has 3 nitrogen and oxygen atoms in total. The molecule has 0 spiro atoms. The lowest BCUT2D eigenvalue weighted by Crippen LogP contribution is -1.95. The number of hydrogen-bond acceptors (Lipinski definition) is 4. The van der Waals surface area contributed by atoms with E-state index in [9.17, 15) is 0 Å². The van der Waals surface area contributed by atoms with E-state index in [1.54, 1.807) is 18.9 Å². The van der Waals surface area contributed by atoms with Crippen molar-refractivity contribution in [1.29, 1.82) is 0 Å². The van der Waals surface area contributed by atoms with E-state index in [1.807, 2.05) is 19.1 Å². The first-order chi connectivity index (χ1) is 9.21. The van der Waals surface area contributed by atoms with Crippen LogP contribution in [0, 0.1) is 6.92 Å². The summed E-state index contributed by atoms with van der Waals surface area (Å²) >= 11 is 1.76. The van der Waals surface area contributed by atoms with Crippen LogP contribution in [0.1, 0.15) is 17.0 Å². The summed E-state index contributed by atoms with van der Waals surface area (Å²) in [6.07, 6.45) is 0. The van der Waals surface area contributed by atoms with Crippen LogP contribution in [-0.2, 0) is 12.3 Å². The van der Waals surface area contributed by atoms with E-state index < -0.39 is 0 Å². The molecule has 0 aliphatic carbocycles. The largest absolute Gasteiger partial charge is 0.497 e. The van der Waals surface area contributed by atoms with E-state index in [-0.39, 0.29) is 0 Å². The molecule has 4 heteroatoms. The fourth-order valence-corrected chi connectivity index (χ4v) is 2.56. The molecule has 1 aromatic heterocycles. The molecule has 0 amide bonds. The van der Waals surface area contributed by atoms with E-state index >= 15 is 0 Å². The molecule has 2 rings (SSSR count). The van der Waals surface area contributed by atoms with Crippen LogP contribution in [0.5, 0.6) is 5.75 Å². The van der Waals surface area contributed by atoms with Gasteiger partial charge in [0.15, 0.2) is 0 Å². The van der Waals surface area contributed by atoms with Gasteiger partial charge in [0, 0.05) is 35.0 Å². The molecular weight excluding hydrogens is 256 g/mol. The van der Waals surface area contributed by atoms with Crippen molar-refractivity contribution in [1.82, 2.24) is 4.98 Å². The minimum Gasteiger partial charge on any atom is -0.497 e. The second-order valence-electron chi connectivity index (χ2n) is 4.28. The summed E-state index contributed by atoms with van der Waals surface area (Å²) in [4.78, 5) is 5.73. The van der Waals surface area contributed by atoms with Crippen molar-refractivity contribution in [3.8, 4) is 5.75 Å². The van der Waals surface area contributed by atoms with Gasteiger partial charge in [-0.05, 0) is 24.6 Å². The van der Waals surface area contributed by atoms with Crippen LogP contribution < -0.4 is 10.5 Å². The van der Waals surface area contributed by atoms with Crippen LogP contribution in [0.15, 0.2) is 41.3 Å². The Balaban J connectivity index is 2.03. The maximum absolute atomic E-state index is 5.58. The van der Waals surface area contributed by atoms with Gasteiger partial charge in [-0.2, -0.15) is 0 Å². The minimum atomic E-state index is 0.585. The highest BCUT2D eigenvalue weighted by Gasteiger charge is 2.02. The van der Waals surface area contributed by atoms with Crippen molar-refractivity contribution in [3.63, 3.8) is 0 Å². The third kappa shape index (κ3) is 3.98. The Labute approximate surface area is 118 Å². The van der Waals surface area contributed by atoms with E-state index in [0.717, 1.165) is 28.5 Å². The molecule has 0 aliphatic heterocycles. The highest BCUT2D eigenvalue weighted by atomic mass is 32.2. The standard InChI is InChI=1S/C15H18N2OS/c1-11-7-14(18-2)8-13(17-11)10-19-15-5-3-12(9-16)4-6-15/h3-8H,9-10,16H2,1-2H3. The van der Waals surface area contributed by atoms with Gasteiger partial charge in [0.05, 0.1) is 12.8 Å². The molecule has 1 heterocycles. The first-order valence-corrected chi connectivity index (χ1v) is 7.13. The molecular formula is C15H18N2OS. The van der Waals surface area contributed by atoms with Crippen LogP contribution >= 0.6 is 11.8 Å². The molecule has 0 atom stereocenters. The summed E-state index contributed by atoms with van der Waals surface area (Å²) in [7, 11) is 1.68. The number of thioether (sulfide) groups is 1. The Bertz CT molecular complexity index is 540. The summed E-state index contributed by atoms with van der Waals surface area (Å²) in [5.74, 6) is 1.70. The molecule has 100 valence electrons. The molecule has 0 saturated heterocycles. The lowest BCUT2D eigenvalue weighted by molar-refractivity contribution is 0.413. The minimum absolute atomic E-state index is 0.585. The van der Waals surface area contributed by atoms with E-state index in [4.69, 9.17) is 10.5 Å². The monoisotopic (exact) mass is 274 g/mol. The summed E-state index contributed by atoms with van der Waals surface area (Å²) in [6, 6.07) is 12.2.